The van der Waals surface area contributed by atoms with Crippen LogP contribution < -0.4 is 0 Å². The average Bonchev–Trinajstić information content (AvgIpc) is 1.97. The first kappa shape index (κ1) is 7.99. The van der Waals surface area contributed by atoms with Crippen molar-refractivity contribution in [3.8, 4) is 0 Å². The third-order valence-corrected chi connectivity index (χ3v) is 1.70. The lowest BCUT2D eigenvalue weighted by atomic mass is 10.1. The van der Waals surface area contributed by atoms with Crippen LogP contribution in [-0.4, -0.2) is 6.21 Å². The SMILES string of the molecule is C/C=N\c1c(C)cccc1C. The first-order valence-electron chi connectivity index (χ1n) is 3.80. The highest BCUT2D eigenvalue weighted by Gasteiger charge is 1.96. The van der Waals surface area contributed by atoms with Crippen LogP contribution >= 0.6 is 0 Å². The van der Waals surface area contributed by atoms with Gasteiger partial charge in [-0.15, -0.1) is 0 Å². The van der Waals surface area contributed by atoms with E-state index in [2.05, 4.69) is 37.0 Å². The zero-order valence-corrected chi connectivity index (χ0v) is 7.26. The van der Waals surface area contributed by atoms with Crippen molar-refractivity contribution in [3.63, 3.8) is 0 Å². The lowest BCUT2D eigenvalue weighted by Crippen LogP contribution is -1.78. The van der Waals surface area contributed by atoms with Gasteiger partial charge in [0, 0.05) is 6.21 Å². The van der Waals surface area contributed by atoms with Gasteiger partial charge < -0.3 is 0 Å². The molecule has 58 valence electrons. The maximum Gasteiger partial charge on any atom is 0.0683 e. The Hall–Kier alpha value is -1.11. The van der Waals surface area contributed by atoms with E-state index >= 15 is 0 Å². The topological polar surface area (TPSA) is 12.4 Å². The molecule has 11 heavy (non-hydrogen) atoms. The van der Waals surface area contributed by atoms with Gasteiger partial charge in [-0.25, -0.2) is 0 Å². The molecule has 0 aliphatic heterocycles. The minimum atomic E-state index is 1.11. The lowest BCUT2D eigenvalue weighted by molar-refractivity contribution is 1.33. The molecule has 0 unspecified atom stereocenters. The van der Waals surface area contributed by atoms with Crippen molar-refractivity contribution in [1.29, 1.82) is 0 Å². The zero-order valence-electron chi connectivity index (χ0n) is 7.26. The molecular weight excluding hydrogens is 134 g/mol. The third kappa shape index (κ3) is 1.67. The Kier molecular flexibility index (Phi) is 2.42. The van der Waals surface area contributed by atoms with Crippen molar-refractivity contribution in [2.45, 2.75) is 20.8 Å². The number of nitrogens with zero attached hydrogens (tertiary/aromatic N) is 1. The molecule has 0 aliphatic rings. The summed E-state index contributed by atoms with van der Waals surface area (Å²) in [6.45, 7) is 6.09. The molecule has 0 atom stereocenters. The standard InChI is InChI=1S/C10H13N/c1-4-11-10-8(2)6-5-7-9(10)3/h4-7H,1-3H3/b11-4-. The van der Waals surface area contributed by atoms with Gasteiger partial charge in [-0.1, -0.05) is 18.2 Å². The van der Waals surface area contributed by atoms with Crippen molar-refractivity contribution >= 4 is 11.9 Å². The van der Waals surface area contributed by atoms with Gasteiger partial charge in [-0.3, -0.25) is 4.99 Å². The van der Waals surface area contributed by atoms with Crippen LogP contribution in [0.4, 0.5) is 5.69 Å². The largest absolute Gasteiger partial charge is 0.261 e. The highest BCUT2D eigenvalue weighted by atomic mass is 14.7. The Bertz CT molecular complexity index is 254. The van der Waals surface area contributed by atoms with Gasteiger partial charge in [0.2, 0.25) is 0 Å². The Labute approximate surface area is 67.8 Å². The van der Waals surface area contributed by atoms with Gasteiger partial charge in [0.15, 0.2) is 0 Å². The highest BCUT2D eigenvalue weighted by molar-refractivity contribution is 5.64. The molecule has 0 amide bonds. The van der Waals surface area contributed by atoms with E-state index in [1.54, 1.807) is 0 Å². The van der Waals surface area contributed by atoms with Crippen molar-refractivity contribution in [1.82, 2.24) is 0 Å². The predicted octanol–water partition coefficient (Wildman–Crippen LogP) is 3.03. The normalized spacial score (nSPS) is 10.8. The molecule has 0 radical (unpaired) electrons. The van der Waals surface area contributed by atoms with Gasteiger partial charge in [0.1, 0.15) is 0 Å². The molecule has 0 bridgehead atoms. The number of hydrogen-bond donors (Lipinski definition) is 0. The number of hydrogen-bond acceptors (Lipinski definition) is 1. The van der Waals surface area contributed by atoms with Crippen LogP contribution in [0, 0.1) is 13.8 Å². The summed E-state index contributed by atoms with van der Waals surface area (Å²) >= 11 is 0. The fourth-order valence-electron chi connectivity index (χ4n) is 1.14. The van der Waals surface area contributed by atoms with Gasteiger partial charge in [-0.2, -0.15) is 0 Å². The summed E-state index contributed by atoms with van der Waals surface area (Å²) < 4.78 is 0. The molecule has 0 spiro atoms. The average molecular weight is 147 g/mol. The van der Waals surface area contributed by atoms with E-state index in [-0.39, 0.29) is 0 Å². The molecule has 0 saturated carbocycles. The Morgan fingerprint density at radius 2 is 1.73 bits per heavy atom. The molecule has 0 saturated heterocycles. The first-order valence-corrected chi connectivity index (χ1v) is 3.80. The summed E-state index contributed by atoms with van der Waals surface area (Å²) in [4.78, 5) is 4.28. The second kappa shape index (κ2) is 3.33. The summed E-state index contributed by atoms with van der Waals surface area (Å²) in [6, 6.07) is 6.21. The quantitative estimate of drug-likeness (QED) is 0.541. The molecular formula is C10H13N. The minimum absolute atomic E-state index is 1.11. The van der Waals surface area contributed by atoms with Gasteiger partial charge in [0.05, 0.1) is 5.69 Å². The van der Waals surface area contributed by atoms with Gasteiger partial charge in [-0.05, 0) is 31.9 Å². The fourth-order valence-corrected chi connectivity index (χ4v) is 1.14. The van der Waals surface area contributed by atoms with Crippen LogP contribution in [0.25, 0.3) is 0 Å². The van der Waals surface area contributed by atoms with Gasteiger partial charge >= 0.3 is 0 Å². The lowest BCUT2D eigenvalue weighted by Gasteiger charge is -2.02. The number of rotatable bonds is 1. The Morgan fingerprint density at radius 3 is 2.18 bits per heavy atom. The summed E-state index contributed by atoms with van der Waals surface area (Å²) in [5, 5.41) is 0. The molecule has 1 heteroatoms. The molecule has 1 rings (SSSR count). The molecule has 1 aromatic carbocycles. The highest BCUT2D eigenvalue weighted by Crippen LogP contribution is 2.21. The molecule has 0 fully saturated rings. The van der Waals surface area contributed by atoms with E-state index in [0.717, 1.165) is 5.69 Å². The van der Waals surface area contributed by atoms with Crippen LogP contribution in [0.3, 0.4) is 0 Å². The van der Waals surface area contributed by atoms with Crippen LogP contribution in [0.2, 0.25) is 0 Å². The molecule has 0 N–H and O–H groups in total. The summed E-state index contributed by atoms with van der Waals surface area (Å²) in [5.74, 6) is 0. The van der Waals surface area contributed by atoms with Crippen LogP contribution in [0.1, 0.15) is 18.1 Å². The molecule has 0 aliphatic carbocycles. The summed E-state index contributed by atoms with van der Waals surface area (Å²) in [6.07, 6.45) is 1.83. The monoisotopic (exact) mass is 147 g/mol. The fraction of sp³-hybridized carbons (Fsp3) is 0.300. The molecule has 1 nitrogen and oxygen atoms in total. The molecule has 0 heterocycles. The molecule has 0 aromatic heterocycles. The van der Waals surface area contributed by atoms with Crippen molar-refractivity contribution in [3.05, 3.63) is 29.3 Å². The van der Waals surface area contributed by atoms with E-state index in [1.807, 2.05) is 13.1 Å². The number of benzene rings is 1. The maximum absolute atomic E-state index is 4.28. The number of aryl methyl sites for hydroxylation is 2. The van der Waals surface area contributed by atoms with E-state index in [4.69, 9.17) is 0 Å². The minimum Gasteiger partial charge on any atom is -0.261 e. The number of para-hydroxylation sites is 1. The van der Waals surface area contributed by atoms with E-state index in [0.29, 0.717) is 0 Å². The second-order valence-corrected chi connectivity index (χ2v) is 2.63. The van der Waals surface area contributed by atoms with Crippen molar-refractivity contribution in [2.24, 2.45) is 4.99 Å². The number of aliphatic imine (C=N–C) groups is 1. The smallest absolute Gasteiger partial charge is 0.0683 e. The van der Waals surface area contributed by atoms with E-state index in [9.17, 15) is 0 Å². The zero-order chi connectivity index (χ0) is 8.27. The Morgan fingerprint density at radius 1 is 1.18 bits per heavy atom. The van der Waals surface area contributed by atoms with E-state index < -0.39 is 0 Å². The Balaban J connectivity index is 3.20. The van der Waals surface area contributed by atoms with Crippen LogP contribution in [0.5, 0.6) is 0 Å². The first-order chi connectivity index (χ1) is 5.25. The van der Waals surface area contributed by atoms with Gasteiger partial charge in [0.25, 0.3) is 0 Å². The molecule has 1 aromatic rings. The summed E-state index contributed by atoms with van der Waals surface area (Å²) in [5.41, 5.74) is 3.58. The van der Waals surface area contributed by atoms with Crippen LogP contribution in [-0.2, 0) is 0 Å². The second-order valence-electron chi connectivity index (χ2n) is 2.63. The summed E-state index contributed by atoms with van der Waals surface area (Å²) in [7, 11) is 0. The maximum atomic E-state index is 4.28. The van der Waals surface area contributed by atoms with E-state index in [1.165, 1.54) is 11.1 Å². The van der Waals surface area contributed by atoms with Crippen molar-refractivity contribution < 1.29 is 0 Å². The predicted molar refractivity (Wildman–Crippen MR) is 49.7 cm³/mol. The van der Waals surface area contributed by atoms with Crippen molar-refractivity contribution in [2.75, 3.05) is 0 Å². The van der Waals surface area contributed by atoms with Crippen LogP contribution in [0.15, 0.2) is 23.2 Å². The third-order valence-electron chi connectivity index (χ3n) is 1.70.